The lowest BCUT2D eigenvalue weighted by molar-refractivity contribution is 0.0932. The van der Waals surface area contributed by atoms with Crippen LogP contribution in [-0.2, 0) is 6.54 Å². The molecule has 120 valence electrons. The molecule has 2 aromatic rings. The van der Waals surface area contributed by atoms with Crippen LogP contribution in [0.2, 0.25) is 0 Å². The molecule has 1 aromatic heterocycles. The molecule has 0 spiro atoms. The van der Waals surface area contributed by atoms with E-state index < -0.39 is 0 Å². The van der Waals surface area contributed by atoms with Gasteiger partial charge in [0.15, 0.2) is 5.69 Å². The fourth-order valence-electron chi connectivity index (χ4n) is 2.70. The quantitative estimate of drug-likeness (QED) is 0.890. The third kappa shape index (κ3) is 4.03. The lowest BCUT2D eigenvalue weighted by Crippen LogP contribution is -2.33. The second-order valence-corrected chi connectivity index (χ2v) is 5.70. The van der Waals surface area contributed by atoms with Crippen LogP contribution < -0.4 is 10.6 Å². The number of halogens is 1. The van der Waals surface area contributed by atoms with Crippen LogP contribution in [0.1, 0.15) is 41.7 Å². The summed E-state index contributed by atoms with van der Waals surface area (Å²) in [5.41, 5.74) is 0.852. The molecule has 0 bridgehead atoms. The van der Waals surface area contributed by atoms with Gasteiger partial charge < -0.3 is 10.6 Å². The Morgan fingerprint density at radius 2 is 1.91 bits per heavy atom. The van der Waals surface area contributed by atoms with E-state index in [1.807, 2.05) is 0 Å². The van der Waals surface area contributed by atoms with Gasteiger partial charge in [0.1, 0.15) is 11.6 Å². The van der Waals surface area contributed by atoms with Gasteiger partial charge in [-0.2, -0.15) is 0 Å². The van der Waals surface area contributed by atoms with Gasteiger partial charge in [0.2, 0.25) is 0 Å². The molecular formula is C17H19FN4O. The molecule has 1 aliphatic carbocycles. The molecule has 23 heavy (non-hydrogen) atoms. The van der Waals surface area contributed by atoms with Gasteiger partial charge in [-0.3, -0.25) is 4.79 Å². The molecular weight excluding hydrogens is 295 g/mol. The maximum absolute atomic E-state index is 13.5. The van der Waals surface area contributed by atoms with Crippen LogP contribution in [0.4, 0.5) is 10.2 Å². The molecule has 6 heteroatoms. The number of hydrogen-bond donors (Lipinski definition) is 2. The number of benzene rings is 1. The summed E-state index contributed by atoms with van der Waals surface area (Å²) in [6.07, 6.45) is 4.38. The van der Waals surface area contributed by atoms with Gasteiger partial charge in [-0.25, -0.2) is 4.39 Å². The van der Waals surface area contributed by atoms with Crippen molar-refractivity contribution in [3.8, 4) is 0 Å². The fraction of sp³-hybridized carbons (Fsp3) is 0.353. The molecule has 1 heterocycles. The van der Waals surface area contributed by atoms with E-state index >= 15 is 0 Å². The van der Waals surface area contributed by atoms with E-state index in [1.165, 1.54) is 6.07 Å². The summed E-state index contributed by atoms with van der Waals surface area (Å²) in [6, 6.07) is 10.1. The highest BCUT2D eigenvalue weighted by atomic mass is 19.1. The second-order valence-electron chi connectivity index (χ2n) is 5.70. The summed E-state index contributed by atoms with van der Waals surface area (Å²) >= 11 is 0. The third-order valence-corrected chi connectivity index (χ3v) is 4.01. The topological polar surface area (TPSA) is 66.9 Å². The molecule has 1 amide bonds. The van der Waals surface area contributed by atoms with Gasteiger partial charge >= 0.3 is 0 Å². The highest BCUT2D eigenvalue weighted by Crippen LogP contribution is 2.18. The van der Waals surface area contributed by atoms with Crippen molar-refractivity contribution in [3.05, 3.63) is 53.5 Å². The molecule has 0 atom stereocenters. The minimum absolute atomic E-state index is 0.190. The third-order valence-electron chi connectivity index (χ3n) is 4.01. The first-order chi connectivity index (χ1) is 11.2. The zero-order valence-corrected chi connectivity index (χ0v) is 12.8. The van der Waals surface area contributed by atoms with E-state index in [1.54, 1.807) is 30.3 Å². The Balaban J connectivity index is 1.56. The predicted octanol–water partition coefficient (Wildman–Crippen LogP) is 2.90. The average molecular weight is 314 g/mol. The molecule has 1 aromatic carbocycles. The van der Waals surface area contributed by atoms with Crippen LogP contribution >= 0.6 is 0 Å². The van der Waals surface area contributed by atoms with E-state index in [0.29, 0.717) is 23.6 Å². The number of aromatic nitrogens is 2. The average Bonchev–Trinajstić information content (AvgIpc) is 3.07. The summed E-state index contributed by atoms with van der Waals surface area (Å²) in [6.45, 7) is 0.314. The molecule has 3 rings (SSSR count). The zero-order valence-electron chi connectivity index (χ0n) is 12.8. The van der Waals surface area contributed by atoms with Crippen molar-refractivity contribution in [2.24, 2.45) is 0 Å². The predicted molar refractivity (Wildman–Crippen MR) is 85.5 cm³/mol. The Kier molecular flexibility index (Phi) is 4.80. The lowest BCUT2D eigenvalue weighted by Gasteiger charge is -2.11. The van der Waals surface area contributed by atoms with Crippen molar-refractivity contribution in [2.75, 3.05) is 5.32 Å². The summed E-state index contributed by atoms with van der Waals surface area (Å²) in [5.74, 6) is 0.0521. The maximum atomic E-state index is 13.5. The molecule has 1 saturated carbocycles. The van der Waals surface area contributed by atoms with Crippen LogP contribution in [0.3, 0.4) is 0 Å². The number of nitrogens with zero attached hydrogens (tertiary/aromatic N) is 2. The Morgan fingerprint density at radius 3 is 2.61 bits per heavy atom. The van der Waals surface area contributed by atoms with Gasteiger partial charge in [0.25, 0.3) is 5.91 Å². The molecule has 2 N–H and O–H groups in total. The molecule has 1 aliphatic rings. The van der Waals surface area contributed by atoms with Crippen molar-refractivity contribution in [3.63, 3.8) is 0 Å². The zero-order chi connectivity index (χ0) is 16.1. The van der Waals surface area contributed by atoms with Crippen molar-refractivity contribution < 1.29 is 9.18 Å². The molecule has 0 unspecified atom stereocenters. The van der Waals surface area contributed by atoms with Crippen LogP contribution in [0.5, 0.6) is 0 Å². The van der Waals surface area contributed by atoms with Gasteiger partial charge in [0, 0.05) is 18.2 Å². The summed E-state index contributed by atoms with van der Waals surface area (Å²) in [7, 11) is 0. The molecule has 5 nitrogen and oxygen atoms in total. The van der Waals surface area contributed by atoms with E-state index in [4.69, 9.17) is 0 Å². The van der Waals surface area contributed by atoms with Crippen molar-refractivity contribution in [1.29, 1.82) is 0 Å². The van der Waals surface area contributed by atoms with E-state index in [-0.39, 0.29) is 17.8 Å². The number of anilines is 1. The summed E-state index contributed by atoms with van der Waals surface area (Å²) < 4.78 is 13.5. The van der Waals surface area contributed by atoms with Gasteiger partial charge in [-0.05, 0) is 31.0 Å². The number of nitrogens with one attached hydrogen (secondary N) is 2. The first-order valence-corrected chi connectivity index (χ1v) is 7.84. The summed E-state index contributed by atoms with van der Waals surface area (Å²) in [4.78, 5) is 12.1. The second kappa shape index (κ2) is 7.17. The SMILES string of the molecule is O=C(NC1CCCC1)c1ccc(NCc2ccccc2F)nn1. The summed E-state index contributed by atoms with van der Waals surface area (Å²) in [5, 5.41) is 13.9. The number of hydrogen-bond acceptors (Lipinski definition) is 4. The highest BCUT2D eigenvalue weighted by Gasteiger charge is 2.18. The Hall–Kier alpha value is -2.50. The number of rotatable bonds is 5. The first kappa shape index (κ1) is 15.4. The van der Waals surface area contributed by atoms with Crippen molar-refractivity contribution >= 4 is 11.7 Å². The first-order valence-electron chi connectivity index (χ1n) is 7.84. The Labute approximate surface area is 134 Å². The van der Waals surface area contributed by atoms with Gasteiger partial charge in [-0.15, -0.1) is 10.2 Å². The molecule has 0 radical (unpaired) electrons. The fourth-order valence-corrected chi connectivity index (χ4v) is 2.70. The van der Waals surface area contributed by atoms with Gasteiger partial charge in [0.05, 0.1) is 0 Å². The van der Waals surface area contributed by atoms with Crippen LogP contribution in [0.25, 0.3) is 0 Å². The monoisotopic (exact) mass is 314 g/mol. The standard InChI is InChI=1S/C17H19FN4O/c18-14-8-4-1-5-12(14)11-19-16-10-9-15(21-22-16)17(23)20-13-6-2-3-7-13/h1,4-5,8-10,13H,2-3,6-7,11H2,(H,19,22)(H,20,23). The number of carbonyl (C=O) groups excluding carboxylic acids is 1. The van der Waals surface area contributed by atoms with Crippen LogP contribution in [0, 0.1) is 5.82 Å². The minimum atomic E-state index is -0.263. The molecule has 0 aliphatic heterocycles. The van der Waals surface area contributed by atoms with Crippen molar-refractivity contribution in [2.45, 2.75) is 38.3 Å². The largest absolute Gasteiger partial charge is 0.364 e. The van der Waals surface area contributed by atoms with E-state index in [0.717, 1.165) is 25.7 Å². The highest BCUT2D eigenvalue weighted by molar-refractivity contribution is 5.92. The smallest absolute Gasteiger partial charge is 0.272 e. The van der Waals surface area contributed by atoms with Gasteiger partial charge in [-0.1, -0.05) is 31.0 Å². The molecule has 0 saturated heterocycles. The minimum Gasteiger partial charge on any atom is -0.364 e. The van der Waals surface area contributed by atoms with Crippen LogP contribution in [0.15, 0.2) is 36.4 Å². The normalized spacial score (nSPS) is 14.7. The Bertz CT molecular complexity index is 669. The Morgan fingerprint density at radius 1 is 1.13 bits per heavy atom. The van der Waals surface area contributed by atoms with Crippen LogP contribution in [-0.4, -0.2) is 22.1 Å². The van der Waals surface area contributed by atoms with E-state index in [9.17, 15) is 9.18 Å². The van der Waals surface area contributed by atoms with Crippen molar-refractivity contribution in [1.82, 2.24) is 15.5 Å². The van der Waals surface area contributed by atoms with E-state index in [2.05, 4.69) is 20.8 Å². The number of amides is 1. The maximum Gasteiger partial charge on any atom is 0.272 e. The lowest BCUT2D eigenvalue weighted by atomic mass is 10.2. The molecule has 1 fully saturated rings. The number of carbonyl (C=O) groups is 1.